The number of aromatic nitrogens is 2. The van der Waals surface area contributed by atoms with Crippen molar-refractivity contribution in [3.05, 3.63) is 52.8 Å². The molecule has 18 heavy (non-hydrogen) atoms. The van der Waals surface area contributed by atoms with E-state index in [0.717, 1.165) is 11.8 Å². The largest absolute Gasteiger partial charge is 0.352 e. The Morgan fingerprint density at radius 3 is 3.00 bits per heavy atom. The van der Waals surface area contributed by atoms with Crippen molar-refractivity contribution in [2.45, 2.75) is 6.42 Å². The summed E-state index contributed by atoms with van der Waals surface area (Å²) in [4.78, 5) is 18.5. The molecule has 0 aliphatic rings. The maximum atomic E-state index is 13.4. The van der Waals surface area contributed by atoms with Gasteiger partial charge in [-0.05, 0) is 18.2 Å². The molecular formula is C12H11ClFN3O. The van der Waals surface area contributed by atoms with Gasteiger partial charge in [-0.25, -0.2) is 9.37 Å². The van der Waals surface area contributed by atoms with Crippen LogP contribution in [0.1, 0.15) is 16.1 Å². The molecule has 0 saturated carbocycles. The minimum Gasteiger partial charge on any atom is -0.352 e. The molecule has 0 saturated heterocycles. The van der Waals surface area contributed by atoms with Crippen LogP contribution in [0.3, 0.4) is 0 Å². The van der Waals surface area contributed by atoms with E-state index >= 15 is 0 Å². The Morgan fingerprint density at radius 1 is 1.50 bits per heavy atom. The highest BCUT2D eigenvalue weighted by molar-refractivity contribution is 6.30. The first kappa shape index (κ1) is 12.6. The van der Waals surface area contributed by atoms with E-state index in [1.54, 1.807) is 12.5 Å². The van der Waals surface area contributed by atoms with Crippen molar-refractivity contribution in [2.75, 3.05) is 6.54 Å². The van der Waals surface area contributed by atoms with Gasteiger partial charge in [-0.3, -0.25) is 4.79 Å². The molecular weight excluding hydrogens is 257 g/mol. The van der Waals surface area contributed by atoms with Crippen molar-refractivity contribution in [3.63, 3.8) is 0 Å². The molecule has 0 unspecified atom stereocenters. The zero-order valence-corrected chi connectivity index (χ0v) is 10.2. The van der Waals surface area contributed by atoms with Gasteiger partial charge in [0.2, 0.25) is 0 Å². The van der Waals surface area contributed by atoms with Crippen molar-refractivity contribution < 1.29 is 9.18 Å². The van der Waals surface area contributed by atoms with Crippen molar-refractivity contribution in [2.24, 2.45) is 0 Å². The van der Waals surface area contributed by atoms with Crippen LogP contribution in [0.4, 0.5) is 4.39 Å². The van der Waals surface area contributed by atoms with Gasteiger partial charge in [0, 0.05) is 29.9 Å². The zero-order chi connectivity index (χ0) is 13.0. The highest BCUT2D eigenvalue weighted by Gasteiger charge is 2.11. The van der Waals surface area contributed by atoms with E-state index in [2.05, 4.69) is 15.3 Å². The van der Waals surface area contributed by atoms with Crippen LogP contribution in [-0.2, 0) is 6.42 Å². The Labute approximate surface area is 108 Å². The monoisotopic (exact) mass is 267 g/mol. The third-order valence-corrected chi connectivity index (χ3v) is 2.65. The number of amides is 1. The fourth-order valence-electron chi connectivity index (χ4n) is 1.50. The minimum absolute atomic E-state index is 0.0102. The molecule has 0 spiro atoms. The van der Waals surface area contributed by atoms with E-state index in [-0.39, 0.29) is 10.6 Å². The molecule has 0 bridgehead atoms. The lowest BCUT2D eigenvalue weighted by molar-refractivity contribution is 0.0950. The number of carbonyl (C=O) groups is 1. The van der Waals surface area contributed by atoms with E-state index in [9.17, 15) is 9.18 Å². The smallest absolute Gasteiger partial charge is 0.254 e. The van der Waals surface area contributed by atoms with Gasteiger partial charge in [-0.1, -0.05) is 11.6 Å². The van der Waals surface area contributed by atoms with Crippen molar-refractivity contribution >= 4 is 17.5 Å². The second-order valence-electron chi connectivity index (χ2n) is 3.71. The number of hydrogen-bond acceptors (Lipinski definition) is 2. The fourth-order valence-corrected chi connectivity index (χ4v) is 1.66. The van der Waals surface area contributed by atoms with Crippen molar-refractivity contribution in [1.82, 2.24) is 15.3 Å². The molecule has 1 heterocycles. The van der Waals surface area contributed by atoms with Crippen LogP contribution in [0.25, 0.3) is 0 Å². The number of benzene rings is 1. The number of rotatable bonds is 4. The molecule has 0 fully saturated rings. The van der Waals surface area contributed by atoms with Gasteiger partial charge < -0.3 is 10.3 Å². The van der Waals surface area contributed by atoms with Crippen LogP contribution < -0.4 is 5.32 Å². The van der Waals surface area contributed by atoms with Crippen molar-refractivity contribution in [3.8, 4) is 0 Å². The fraction of sp³-hybridized carbons (Fsp3) is 0.167. The summed E-state index contributed by atoms with van der Waals surface area (Å²) in [5.74, 6) is -1.08. The topological polar surface area (TPSA) is 57.8 Å². The van der Waals surface area contributed by atoms with Crippen molar-refractivity contribution in [1.29, 1.82) is 0 Å². The average Bonchev–Trinajstić information content (AvgIpc) is 2.81. The SMILES string of the molecule is O=C(NCCc1cnc[nH]1)c1ccc(Cl)cc1F. The lowest BCUT2D eigenvalue weighted by atomic mass is 10.2. The predicted molar refractivity (Wildman–Crippen MR) is 66.0 cm³/mol. The summed E-state index contributed by atoms with van der Waals surface area (Å²) in [6.07, 6.45) is 3.85. The summed E-state index contributed by atoms with van der Waals surface area (Å²) >= 11 is 5.61. The number of H-pyrrole nitrogens is 1. The number of nitrogens with zero attached hydrogens (tertiary/aromatic N) is 1. The molecule has 2 aromatic rings. The third kappa shape index (κ3) is 3.07. The Kier molecular flexibility index (Phi) is 3.94. The molecule has 4 nitrogen and oxygen atoms in total. The molecule has 2 rings (SSSR count). The summed E-state index contributed by atoms with van der Waals surface area (Å²) < 4.78 is 13.4. The molecule has 0 atom stereocenters. The first-order valence-electron chi connectivity index (χ1n) is 5.37. The standard InChI is InChI=1S/C12H11ClFN3O/c13-8-1-2-10(11(14)5-8)12(18)16-4-3-9-6-15-7-17-9/h1-2,5-7H,3-4H2,(H,15,17)(H,16,18). The van der Waals surface area contributed by atoms with Gasteiger partial charge in [0.25, 0.3) is 5.91 Å². The predicted octanol–water partition coefficient (Wildman–Crippen LogP) is 2.17. The van der Waals surface area contributed by atoms with Gasteiger partial charge in [-0.2, -0.15) is 0 Å². The van der Waals surface area contributed by atoms with Crippen LogP contribution in [0.15, 0.2) is 30.7 Å². The second kappa shape index (κ2) is 5.64. The number of halogens is 2. The number of imidazole rings is 1. The summed E-state index contributed by atoms with van der Waals surface area (Å²) in [6, 6.07) is 3.96. The van der Waals surface area contributed by atoms with Crippen LogP contribution in [0.5, 0.6) is 0 Å². The lowest BCUT2D eigenvalue weighted by Gasteiger charge is -2.05. The van der Waals surface area contributed by atoms with Gasteiger partial charge in [0.05, 0.1) is 11.9 Å². The molecule has 0 aliphatic carbocycles. The maximum absolute atomic E-state index is 13.4. The summed E-state index contributed by atoms with van der Waals surface area (Å²) in [7, 11) is 0. The molecule has 1 aromatic carbocycles. The Morgan fingerprint density at radius 2 is 2.33 bits per heavy atom. The number of nitrogens with one attached hydrogen (secondary N) is 2. The zero-order valence-electron chi connectivity index (χ0n) is 9.41. The van der Waals surface area contributed by atoms with Gasteiger partial charge in [-0.15, -0.1) is 0 Å². The summed E-state index contributed by atoms with van der Waals surface area (Å²) in [5.41, 5.74) is 0.899. The molecule has 0 aliphatic heterocycles. The molecule has 1 aromatic heterocycles. The quantitative estimate of drug-likeness (QED) is 0.892. The molecule has 0 radical (unpaired) electrons. The van der Waals surface area contributed by atoms with Crippen LogP contribution in [-0.4, -0.2) is 22.4 Å². The average molecular weight is 268 g/mol. The van der Waals surface area contributed by atoms with E-state index in [1.165, 1.54) is 12.1 Å². The normalized spacial score (nSPS) is 10.3. The number of hydrogen-bond donors (Lipinski definition) is 2. The highest BCUT2D eigenvalue weighted by Crippen LogP contribution is 2.14. The second-order valence-corrected chi connectivity index (χ2v) is 4.14. The Bertz CT molecular complexity index is 542. The number of carbonyl (C=O) groups excluding carboxylic acids is 1. The van der Waals surface area contributed by atoms with Gasteiger partial charge in [0.1, 0.15) is 5.82 Å². The maximum Gasteiger partial charge on any atom is 0.254 e. The summed E-state index contributed by atoms with van der Waals surface area (Å²) in [6.45, 7) is 0.406. The molecule has 6 heteroatoms. The molecule has 1 amide bonds. The van der Waals surface area contributed by atoms with E-state index < -0.39 is 11.7 Å². The molecule has 94 valence electrons. The lowest BCUT2D eigenvalue weighted by Crippen LogP contribution is -2.26. The van der Waals surface area contributed by atoms with E-state index in [0.29, 0.717) is 13.0 Å². The Hall–Kier alpha value is -1.88. The molecule has 2 N–H and O–H groups in total. The Balaban J connectivity index is 1.91. The third-order valence-electron chi connectivity index (χ3n) is 2.41. The van der Waals surface area contributed by atoms with Crippen LogP contribution in [0.2, 0.25) is 5.02 Å². The van der Waals surface area contributed by atoms with E-state index in [4.69, 9.17) is 11.6 Å². The van der Waals surface area contributed by atoms with E-state index in [1.807, 2.05) is 0 Å². The van der Waals surface area contributed by atoms with Gasteiger partial charge in [0.15, 0.2) is 0 Å². The first-order valence-corrected chi connectivity index (χ1v) is 5.75. The van der Waals surface area contributed by atoms with Crippen LogP contribution >= 0.6 is 11.6 Å². The summed E-state index contributed by atoms with van der Waals surface area (Å²) in [5, 5.41) is 2.89. The minimum atomic E-state index is -0.624. The highest BCUT2D eigenvalue weighted by atomic mass is 35.5. The first-order chi connectivity index (χ1) is 8.66. The van der Waals surface area contributed by atoms with Gasteiger partial charge >= 0.3 is 0 Å². The van der Waals surface area contributed by atoms with Crippen LogP contribution in [0, 0.1) is 5.82 Å². The number of aromatic amines is 1.